The molecule has 2 aromatic carbocycles. The van der Waals surface area contributed by atoms with Gasteiger partial charge in [0.15, 0.2) is 0 Å². The lowest BCUT2D eigenvalue weighted by Gasteiger charge is -2.61. The van der Waals surface area contributed by atoms with E-state index in [0.717, 1.165) is 66.3 Å². The summed E-state index contributed by atoms with van der Waals surface area (Å²) in [5, 5.41) is 6.60. The number of rotatable bonds is 11. The number of carbonyl (C=O) groups is 2. The Labute approximate surface area is 310 Å². The Morgan fingerprint density at radius 1 is 0.943 bits per heavy atom. The third-order valence-corrected chi connectivity index (χ3v) is 14.4. The van der Waals surface area contributed by atoms with E-state index in [1.807, 2.05) is 24.3 Å². The second kappa shape index (κ2) is 14.4. The summed E-state index contributed by atoms with van der Waals surface area (Å²) >= 11 is 0. The van der Waals surface area contributed by atoms with Gasteiger partial charge in [-0.15, -0.1) is 0 Å². The second-order valence-corrected chi connectivity index (χ2v) is 17.2. The number of carbonyl (C=O) groups excluding carboxylic acids is 2. The molecule has 0 spiro atoms. The largest absolute Gasteiger partial charge is 0.381 e. The first kappa shape index (κ1) is 36.6. The van der Waals surface area contributed by atoms with Crippen molar-refractivity contribution in [2.24, 2.45) is 34.5 Å². The first-order valence-electron chi connectivity index (χ1n) is 20.0. The molecule has 53 heavy (non-hydrogen) atoms. The summed E-state index contributed by atoms with van der Waals surface area (Å²) in [5.74, 6) is -1.26. The van der Waals surface area contributed by atoms with Crippen LogP contribution < -0.4 is 10.6 Å². The zero-order chi connectivity index (χ0) is 37.0. The molecule has 286 valence electrons. The molecule has 7 nitrogen and oxygen atoms in total. The number of hydrogen-bond acceptors (Lipinski definition) is 4. The Hall–Kier alpha value is -3.37. The van der Waals surface area contributed by atoms with Crippen LogP contribution in [0, 0.1) is 40.3 Å². The molecule has 4 fully saturated rings. The summed E-state index contributed by atoms with van der Waals surface area (Å²) in [6, 6.07) is 10.6. The van der Waals surface area contributed by atoms with Gasteiger partial charge in [0, 0.05) is 62.2 Å². The highest BCUT2D eigenvalue weighted by molar-refractivity contribution is 6.10. The Kier molecular flexibility index (Phi) is 9.92. The summed E-state index contributed by atoms with van der Waals surface area (Å²) < 4.78 is 55.2. The van der Waals surface area contributed by atoms with Crippen molar-refractivity contribution in [3.63, 3.8) is 0 Å². The Balaban J connectivity index is 0.747. The van der Waals surface area contributed by atoms with Crippen LogP contribution >= 0.6 is 0 Å². The van der Waals surface area contributed by atoms with Gasteiger partial charge in [0.2, 0.25) is 11.8 Å². The first-order valence-corrected chi connectivity index (χ1v) is 20.0. The summed E-state index contributed by atoms with van der Waals surface area (Å²) in [4.78, 5) is 28.4. The third-order valence-electron chi connectivity index (χ3n) is 14.4. The molecule has 10 heteroatoms. The zero-order valence-electron chi connectivity index (χ0n) is 31.1. The van der Waals surface area contributed by atoms with Crippen LogP contribution in [0.5, 0.6) is 0 Å². The topological polar surface area (TPSA) is 92.4 Å². The van der Waals surface area contributed by atoms with E-state index in [1.165, 1.54) is 18.6 Å². The minimum Gasteiger partial charge on any atom is -0.381 e. The van der Waals surface area contributed by atoms with E-state index in [4.69, 9.17) is 9.47 Å². The standard InChI is InChI=1S/C43H54F3N3O4/c1-41-16-17-43(45,46)24-28(41)8-9-30-33-10-11-36(42(33,2)15-12-34(30)41)53-20-3-19-52-21-14-37(50)48-25-26-4-6-27(7-5-26)39-31-13-18-47-40(51)32-22-29(44)23-35(49-39)38(31)32/h4-7,22-23,28,30,33-34,36,49H,3,8-21,24-25H2,1-2H3,(H,47,51)(H,48,50)/t28-,30-,33-,34-,36-,41-,42-/m0/s1. The Morgan fingerprint density at radius 2 is 1.75 bits per heavy atom. The maximum Gasteiger partial charge on any atom is 0.252 e. The highest BCUT2D eigenvalue weighted by Crippen LogP contribution is 2.67. The van der Waals surface area contributed by atoms with E-state index < -0.39 is 11.7 Å². The lowest BCUT2D eigenvalue weighted by Crippen LogP contribution is -2.55. The molecule has 2 amide bonds. The van der Waals surface area contributed by atoms with E-state index in [1.54, 1.807) is 0 Å². The molecule has 4 saturated carbocycles. The van der Waals surface area contributed by atoms with Gasteiger partial charge in [-0.05, 0) is 121 Å². The average molecular weight is 734 g/mol. The number of benzene rings is 2. The van der Waals surface area contributed by atoms with Crippen LogP contribution in [0.3, 0.4) is 0 Å². The maximum absolute atomic E-state index is 14.3. The number of hydrogen-bond donors (Lipinski definition) is 3. The number of alkyl halides is 2. The van der Waals surface area contributed by atoms with Crippen molar-refractivity contribution in [1.29, 1.82) is 0 Å². The molecule has 8 rings (SSSR count). The van der Waals surface area contributed by atoms with Crippen LogP contribution in [0.15, 0.2) is 36.4 Å². The fourth-order valence-corrected chi connectivity index (χ4v) is 11.6. The van der Waals surface area contributed by atoms with Crippen LogP contribution in [0.1, 0.15) is 106 Å². The number of ether oxygens (including phenoxy) is 2. The molecule has 2 heterocycles. The van der Waals surface area contributed by atoms with Crippen LogP contribution in [-0.2, 0) is 27.2 Å². The highest BCUT2D eigenvalue weighted by atomic mass is 19.3. The smallest absolute Gasteiger partial charge is 0.252 e. The fourth-order valence-electron chi connectivity index (χ4n) is 11.6. The normalized spacial score (nSPS) is 31.6. The van der Waals surface area contributed by atoms with E-state index in [-0.39, 0.29) is 53.9 Å². The maximum atomic E-state index is 14.3. The van der Waals surface area contributed by atoms with Crippen molar-refractivity contribution in [3.05, 3.63) is 58.9 Å². The van der Waals surface area contributed by atoms with Crippen molar-refractivity contribution >= 4 is 22.7 Å². The number of fused-ring (bicyclic) bond motifs is 5. The molecule has 1 aromatic heterocycles. The van der Waals surface area contributed by atoms with Crippen LogP contribution in [-0.4, -0.2) is 55.2 Å². The average Bonchev–Trinajstić information content (AvgIpc) is 3.61. The molecular formula is C43H54F3N3O4. The summed E-state index contributed by atoms with van der Waals surface area (Å²) in [6.45, 7) is 7.20. The number of amides is 2. The van der Waals surface area contributed by atoms with Gasteiger partial charge in [-0.1, -0.05) is 38.1 Å². The van der Waals surface area contributed by atoms with Gasteiger partial charge in [0.25, 0.3) is 5.91 Å². The highest BCUT2D eigenvalue weighted by Gasteiger charge is 2.62. The molecular weight excluding hydrogens is 679 g/mol. The van der Waals surface area contributed by atoms with Gasteiger partial charge in [-0.2, -0.15) is 0 Å². The third kappa shape index (κ3) is 6.92. The molecule has 1 aliphatic heterocycles. The molecule has 3 aromatic rings. The number of nitrogens with one attached hydrogen (secondary N) is 3. The van der Waals surface area contributed by atoms with Crippen molar-refractivity contribution in [2.45, 2.75) is 109 Å². The molecule has 0 saturated heterocycles. The first-order chi connectivity index (χ1) is 25.4. The molecule has 0 bridgehead atoms. The predicted molar refractivity (Wildman–Crippen MR) is 198 cm³/mol. The monoisotopic (exact) mass is 733 g/mol. The van der Waals surface area contributed by atoms with E-state index in [9.17, 15) is 22.8 Å². The van der Waals surface area contributed by atoms with Gasteiger partial charge in [0.05, 0.1) is 18.3 Å². The van der Waals surface area contributed by atoms with Crippen molar-refractivity contribution in [2.75, 3.05) is 26.4 Å². The SMILES string of the molecule is C[C@]12CCC(F)(F)C[C@@H]1CC[C@@H]1[C@@H]2CC[C@]2(C)[C@@H](OCCCOCCC(=O)NCc3ccc(-c4[nH]c5cc(F)cc6c5c4CCNC6=O)cc3)CC[C@@H]12. The zero-order valence-corrected chi connectivity index (χ0v) is 31.1. The molecule has 4 aliphatic carbocycles. The number of halogens is 3. The van der Waals surface area contributed by atoms with Crippen LogP contribution in [0.25, 0.3) is 22.2 Å². The predicted octanol–water partition coefficient (Wildman–Crippen LogP) is 8.74. The van der Waals surface area contributed by atoms with Crippen LogP contribution in [0.2, 0.25) is 0 Å². The van der Waals surface area contributed by atoms with Gasteiger partial charge in [-0.3, -0.25) is 9.59 Å². The lowest BCUT2D eigenvalue weighted by atomic mass is 9.45. The lowest BCUT2D eigenvalue weighted by molar-refractivity contribution is -0.169. The van der Waals surface area contributed by atoms with Crippen molar-refractivity contribution < 1.29 is 32.2 Å². The van der Waals surface area contributed by atoms with Crippen LogP contribution in [0.4, 0.5) is 13.2 Å². The van der Waals surface area contributed by atoms with Crippen molar-refractivity contribution in [3.8, 4) is 11.3 Å². The minimum atomic E-state index is -2.48. The minimum absolute atomic E-state index is 0.0597. The fraction of sp³-hybridized carbons (Fsp3) is 0.628. The van der Waals surface area contributed by atoms with Gasteiger partial charge >= 0.3 is 0 Å². The summed E-state index contributed by atoms with van der Waals surface area (Å²) in [5.41, 5.74) is 4.97. The Morgan fingerprint density at radius 3 is 2.58 bits per heavy atom. The molecule has 0 unspecified atom stereocenters. The molecule has 0 radical (unpaired) electrons. The molecule has 5 aliphatic rings. The van der Waals surface area contributed by atoms with E-state index in [2.05, 4.69) is 29.5 Å². The Bertz CT molecular complexity index is 1840. The number of aromatic amines is 1. The molecule has 7 atom stereocenters. The molecule has 3 N–H and O–H groups in total. The van der Waals surface area contributed by atoms with E-state index in [0.29, 0.717) is 74.6 Å². The van der Waals surface area contributed by atoms with Gasteiger partial charge in [0.1, 0.15) is 5.82 Å². The second-order valence-electron chi connectivity index (χ2n) is 17.2. The van der Waals surface area contributed by atoms with Gasteiger partial charge < -0.3 is 25.1 Å². The summed E-state index contributed by atoms with van der Waals surface area (Å²) in [7, 11) is 0. The number of aromatic nitrogens is 1. The quantitative estimate of drug-likeness (QED) is 0.172. The number of H-pyrrole nitrogens is 1. The van der Waals surface area contributed by atoms with Gasteiger partial charge in [-0.25, -0.2) is 13.2 Å². The summed E-state index contributed by atoms with van der Waals surface area (Å²) in [6.07, 6.45) is 9.38. The van der Waals surface area contributed by atoms with E-state index >= 15 is 0 Å². The van der Waals surface area contributed by atoms with Crippen molar-refractivity contribution in [1.82, 2.24) is 15.6 Å².